The van der Waals surface area contributed by atoms with Gasteiger partial charge in [0.2, 0.25) is 0 Å². The first-order valence-electron chi connectivity index (χ1n) is 5.61. The number of halogens is 3. The van der Waals surface area contributed by atoms with E-state index in [0.29, 0.717) is 10.6 Å². The van der Waals surface area contributed by atoms with E-state index in [-0.39, 0.29) is 10.6 Å². The van der Waals surface area contributed by atoms with Crippen molar-refractivity contribution in [2.24, 2.45) is 5.10 Å². The molecular formula is C14H9Cl2FN2O. The summed E-state index contributed by atoms with van der Waals surface area (Å²) in [5.74, 6) is -0.963. The summed E-state index contributed by atoms with van der Waals surface area (Å²) in [7, 11) is 0. The largest absolute Gasteiger partial charge is 0.271 e. The van der Waals surface area contributed by atoms with Crippen molar-refractivity contribution in [2.45, 2.75) is 0 Å². The maximum absolute atomic E-state index is 13.4. The van der Waals surface area contributed by atoms with Crippen LogP contribution in [0.2, 0.25) is 10.0 Å². The quantitative estimate of drug-likeness (QED) is 0.678. The molecule has 6 heteroatoms. The van der Waals surface area contributed by atoms with Crippen LogP contribution >= 0.6 is 23.2 Å². The number of hydrogen-bond donors (Lipinski definition) is 1. The third-order valence-corrected chi connectivity index (χ3v) is 3.01. The Hall–Kier alpha value is -1.91. The standard InChI is InChI=1S/C14H9Cl2FN2O/c15-10-4-1-3-9(7-10)14(20)19-18-8-11-12(16)5-2-6-13(11)17/h1-8H,(H,19,20)/b18-8+. The van der Waals surface area contributed by atoms with E-state index in [1.54, 1.807) is 18.2 Å². The van der Waals surface area contributed by atoms with Crippen LogP contribution in [-0.4, -0.2) is 12.1 Å². The average Bonchev–Trinajstić information content (AvgIpc) is 2.42. The molecule has 0 bridgehead atoms. The van der Waals surface area contributed by atoms with Crippen LogP contribution in [0.25, 0.3) is 0 Å². The molecule has 1 amide bonds. The molecule has 0 atom stereocenters. The fourth-order valence-corrected chi connectivity index (χ4v) is 1.89. The number of carbonyl (C=O) groups excluding carboxylic acids is 1. The molecule has 1 N–H and O–H groups in total. The van der Waals surface area contributed by atoms with Gasteiger partial charge in [-0.1, -0.05) is 35.3 Å². The van der Waals surface area contributed by atoms with Gasteiger partial charge in [-0.2, -0.15) is 5.10 Å². The minimum atomic E-state index is -0.516. The smallest absolute Gasteiger partial charge is 0.267 e. The topological polar surface area (TPSA) is 41.5 Å². The highest BCUT2D eigenvalue weighted by molar-refractivity contribution is 6.33. The average molecular weight is 311 g/mol. The summed E-state index contributed by atoms with van der Waals surface area (Å²) in [4.78, 5) is 11.7. The highest BCUT2D eigenvalue weighted by atomic mass is 35.5. The van der Waals surface area contributed by atoms with E-state index in [2.05, 4.69) is 10.5 Å². The van der Waals surface area contributed by atoms with E-state index in [1.165, 1.54) is 24.3 Å². The highest BCUT2D eigenvalue weighted by Gasteiger charge is 2.06. The number of benzene rings is 2. The van der Waals surface area contributed by atoms with Gasteiger partial charge in [-0.15, -0.1) is 0 Å². The van der Waals surface area contributed by atoms with E-state index in [1.807, 2.05) is 0 Å². The fraction of sp³-hybridized carbons (Fsp3) is 0. The van der Waals surface area contributed by atoms with Crippen LogP contribution in [0.4, 0.5) is 4.39 Å². The second-order valence-electron chi connectivity index (χ2n) is 3.84. The summed E-state index contributed by atoms with van der Waals surface area (Å²) < 4.78 is 13.4. The summed E-state index contributed by atoms with van der Waals surface area (Å²) in [6.07, 6.45) is 1.15. The molecule has 102 valence electrons. The predicted octanol–water partition coefficient (Wildman–Crippen LogP) is 3.90. The minimum absolute atomic E-state index is 0.112. The van der Waals surface area contributed by atoms with Gasteiger partial charge in [0, 0.05) is 16.1 Å². The first-order chi connectivity index (χ1) is 9.58. The van der Waals surface area contributed by atoms with Gasteiger partial charge in [0.25, 0.3) is 5.91 Å². The molecule has 0 radical (unpaired) electrons. The first kappa shape index (κ1) is 14.5. The van der Waals surface area contributed by atoms with Crippen molar-refractivity contribution >= 4 is 35.3 Å². The monoisotopic (exact) mass is 310 g/mol. The van der Waals surface area contributed by atoms with E-state index in [9.17, 15) is 9.18 Å². The van der Waals surface area contributed by atoms with Crippen molar-refractivity contribution in [1.82, 2.24) is 5.43 Å². The number of nitrogens with one attached hydrogen (secondary N) is 1. The second-order valence-corrected chi connectivity index (χ2v) is 4.69. The Morgan fingerprint density at radius 3 is 2.65 bits per heavy atom. The van der Waals surface area contributed by atoms with Crippen molar-refractivity contribution in [1.29, 1.82) is 0 Å². The summed E-state index contributed by atoms with van der Waals surface area (Å²) >= 11 is 11.6. The molecule has 2 rings (SSSR count). The molecule has 0 aliphatic heterocycles. The Balaban J connectivity index is 2.09. The third-order valence-electron chi connectivity index (χ3n) is 2.45. The van der Waals surface area contributed by atoms with Crippen LogP contribution in [0.5, 0.6) is 0 Å². The maximum atomic E-state index is 13.4. The van der Waals surface area contributed by atoms with Crippen molar-refractivity contribution in [2.75, 3.05) is 0 Å². The summed E-state index contributed by atoms with van der Waals surface area (Å²) in [5.41, 5.74) is 2.74. The van der Waals surface area contributed by atoms with Crippen molar-refractivity contribution in [3.63, 3.8) is 0 Å². The van der Waals surface area contributed by atoms with Crippen LogP contribution in [0.15, 0.2) is 47.6 Å². The van der Waals surface area contributed by atoms with Gasteiger partial charge in [0.05, 0.1) is 11.2 Å². The lowest BCUT2D eigenvalue weighted by molar-refractivity contribution is 0.0955. The molecule has 2 aromatic rings. The molecule has 20 heavy (non-hydrogen) atoms. The number of rotatable bonds is 3. The van der Waals surface area contributed by atoms with Crippen molar-refractivity contribution < 1.29 is 9.18 Å². The minimum Gasteiger partial charge on any atom is -0.267 e. The fourth-order valence-electron chi connectivity index (χ4n) is 1.48. The second kappa shape index (κ2) is 6.50. The number of nitrogens with zero attached hydrogens (tertiary/aromatic N) is 1. The Labute approximate surface area is 125 Å². The number of hydrogen-bond acceptors (Lipinski definition) is 2. The third kappa shape index (κ3) is 3.56. The van der Waals surface area contributed by atoms with Gasteiger partial charge >= 0.3 is 0 Å². The first-order valence-corrected chi connectivity index (χ1v) is 6.36. The summed E-state index contributed by atoms with van der Waals surface area (Å²) in [5, 5.41) is 4.33. The zero-order chi connectivity index (χ0) is 14.5. The molecule has 0 saturated heterocycles. The van der Waals surface area contributed by atoms with Crippen molar-refractivity contribution in [3.8, 4) is 0 Å². The lowest BCUT2D eigenvalue weighted by Gasteiger charge is -2.01. The number of hydrazone groups is 1. The number of amides is 1. The van der Waals surface area contributed by atoms with Crippen LogP contribution < -0.4 is 5.43 Å². The zero-order valence-electron chi connectivity index (χ0n) is 10.1. The van der Waals surface area contributed by atoms with Gasteiger partial charge in [-0.25, -0.2) is 9.82 Å². The predicted molar refractivity (Wildman–Crippen MR) is 77.9 cm³/mol. The Morgan fingerprint density at radius 1 is 1.20 bits per heavy atom. The molecule has 0 unspecified atom stereocenters. The Bertz CT molecular complexity index is 654. The zero-order valence-corrected chi connectivity index (χ0v) is 11.6. The van der Waals surface area contributed by atoms with Gasteiger partial charge in [-0.3, -0.25) is 4.79 Å². The molecule has 0 aromatic heterocycles. The Morgan fingerprint density at radius 2 is 1.95 bits per heavy atom. The molecule has 0 aliphatic carbocycles. The van der Waals surface area contributed by atoms with Crippen LogP contribution in [0, 0.1) is 5.82 Å². The molecule has 0 heterocycles. The molecule has 0 saturated carbocycles. The lowest BCUT2D eigenvalue weighted by Crippen LogP contribution is -2.17. The molecule has 0 spiro atoms. The van der Waals surface area contributed by atoms with E-state index in [0.717, 1.165) is 6.21 Å². The Kier molecular flexibility index (Phi) is 4.71. The van der Waals surface area contributed by atoms with Crippen molar-refractivity contribution in [3.05, 3.63) is 69.5 Å². The van der Waals surface area contributed by atoms with Gasteiger partial charge in [-0.05, 0) is 30.3 Å². The van der Waals surface area contributed by atoms with E-state index >= 15 is 0 Å². The number of carbonyl (C=O) groups is 1. The van der Waals surface area contributed by atoms with Crippen LogP contribution in [-0.2, 0) is 0 Å². The van der Waals surface area contributed by atoms with Gasteiger partial charge in [0.1, 0.15) is 5.82 Å². The molecule has 0 fully saturated rings. The maximum Gasteiger partial charge on any atom is 0.271 e. The molecular weight excluding hydrogens is 302 g/mol. The van der Waals surface area contributed by atoms with Crippen LogP contribution in [0.3, 0.4) is 0 Å². The highest BCUT2D eigenvalue weighted by Crippen LogP contribution is 2.16. The van der Waals surface area contributed by atoms with Gasteiger partial charge in [0.15, 0.2) is 0 Å². The molecule has 2 aromatic carbocycles. The lowest BCUT2D eigenvalue weighted by atomic mass is 10.2. The van der Waals surface area contributed by atoms with E-state index < -0.39 is 11.7 Å². The summed E-state index contributed by atoms with van der Waals surface area (Å²) in [6.45, 7) is 0. The van der Waals surface area contributed by atoms with E-state index in [4.69, 9.17) is 23.2 Å². The SMILES string of the molecule is O=C(N/N=C/c1c(F)cccc1Cl)c1cccc(Cl)c1. The van der Waals surface area contributed by atoms with Crippen LogP contribution in [0.1, 0.15) is 15.9 Å². The molecule has 3 nitrogen and oxygen atoms in total. The molecule has 0 aliphatic rings. The summed E-state index contributed by atoms with van der Waals surface area (Å²) in [6, 6.07) is 10.7. The van der Waals surface area contributed by atoms with Gasteiger partial charge < -0.3 is 0 Å². The normalized spacial score (nSPS) is 10.8.